The molecule has 3 rings (SSSR count). The normalized spacial score (nSPS) is 15.2. The molecule has 1 N–H and O–H groups in total. The highest BCUT2D eigenvalue weighted by Gasteiger charge is 2.33. The Labute approximate surface area is 228 Å². The molecule has 0 spiro atoms. The second-order valence-electron chi connectivity index (χ2n) is 9.28. The lowest BCUT2D eigenvalue weighted by Gasteiger charge is -2.34. The molecule has 2 amide bonds. The number of carbonyl (C=O) groups is 2. The van der Waals surface area contributed by atoms with Crippen LogP contribution < -0.4 is 9.62 Å². The van der Waals surface area contributed by atoms with Gasteiger partial charge in [0.15, 0.2) is 0 Å². The van der Waals surface area contributed by atoms with E-state index in [0.29, 0.717) is 11.4 Å². The van der Waals surface area contributed by atoms with Crippen molar-refractivity contribution in [2.24, 2.45) is 0 Å². The van der Waals surface area contributed by atoms with Crippen molar-refractivity contribution in [1.82, 2.24) is 10.2 Å². The van der Waals surface area contributed by atoms with Crippen LogP contribution in [0.1, 0.15) is 51.0 Å². The number of nitrogens with zero attached hydrogens (tertiary/aromatic N) is 2. The average Bonchev–Trinajstić information content (AvgIpc) is 2.85. The number of halogens is 3. The lowest BCUT2D eigenvalue weighted by molar-refractivity contribution is -0.140. The SMILES string of the molecule is CCC(C(=O)NC1CCCCC1)N(Cc1ccc(Cl)cc1)C(=O)CN(c1ccc(F)c(Cl)c1)S(C)(=O)=O. The first-order valence-electron chi connectivity index (χ1n) is 12.3. The van der Waals surface area contributed by atoms with Crippen LogP contribution in [0.4, 0.5) is 10.1 Å². The molecule has 2 aromatic carbocycles. The van der Waals surface area contributed by atoms with E-state index in [2.05, 4.69) is 5.32 Å². The lowest BCUT2D eigenvalue weighted by atomic mass is 9.95. The highest BCUT2D eigenvalue weighted by Crippen LogP contribution is 2.25. The summed E-state index contributed by atoms with van der Waals surface area (Å²) < 4.78 is 39.9. The van der Waals surface area contributed by atoms with Crippen molar-refractivity contribution in [2.45, 2.75) is 64.1 Å². The molecular weight excluding hydrogens is 540 g/mol. The second-order valence-corrected chi connectivity index (χ2v) is 12.0. The Bertz CT molecular complexity index is 1200. The smallest absolute Gasteiger partial charge is 0.244 e. The first-order chi connectivity index (χ1) is 17.5. The minimum atomic E-state index is -3.94. The van der Waals surface area contributed by atoms with Gasteiger partial charge in [-0.15, -0.1) is 0 Å². The van der Waals surface area contributed by atoms with Crippen molar-refractivity contribution in [3.8, 4) is 0 Å². The van der Waals surface area contributed by atoms with Gasteiger partial charge in [-0.1, -0.05) is 61.5 Å². The molecule has 1 saturated carbocycles. The maximum absolute atomic E-state index is 13.7. The van der Waals surface area contributed by atoms with Gasteiger partial charge in [0, 0.05) is 17.6 Å². The maximum atomic E-state index is 13.7. The van der Waals surface area contributed by atoms with Crippen LogP contribution in [0.15, 0.2) is 42.5 Å². The fourth-order valence-electron chi connectivity index (χ4n) is 4.50. The third-order valence-electron chi connectivity index (χ3n) is 6.47. The van der Waals surface area contributed by atoms with Gasteiger partial charge in [0.25, 0.3) is 0 Å². The van der Waals surface area contributed by atoms with Crippen molar-refractivity contribution < 1.29 is 22.4 Å². The molecule has 0 bridgehead atoms. The van der Waals surface area contributed by atoms with Crippen LogP contribution in [0.2, 0.25) is 10.0 Å². The topological polar surface area (TPSA) is 86.8 Å². The summed E-state index contributed by atoms with van der Waals surface area (Å²) in [6.45, 7) is 1.30. The standard InChI is InChI=1S/C26H32Cl2FN3O4S/c1-3-24(26(34)30-20-7-5-4-6-8-20)31(16-18-9-11-19(27)12-10-18)25(33)17-32(37(2,35)36)21-13-14-23(29)22(28)15-21/h9-15,20,24H,3-8,16-17H2,1-2H3,(H,30,34). The highest BCUT2D eigenvalue weighted by atomic mass is 35.5. The summed E-state index contributed by atoms with van der Waals surface area (Å²) in [6, 6.07) is 9.55. The number of amides is 2. The molecule has 11 heteroatoms. The van der Waals surface area contributed by atoms with Crippen molar-refractivity contribution >= 4 is 50.7 Å². The Morgan fingerprint density at radius 2 is 1.73 bits per heavy atom. The van der Waals surface area contributed by atoms with Crippen LogP contribution in [0, 0.1) is 5.82 Å². The third kappa shape index (κ3) is 8.06. The zero-order valence-corrected chi connectivity index (χ0v) is 23.3. The van der Waals surface area contributed by atoms with E-state index in [1.54, 1.807) is 31.2 Å². The molecular formula is C26H32Cl2FN3O4S. The van der Waals surface area contributed by atoms with Gasteiger partial charge in [0.1, 0.15) is 18.4 Å². The number of carbonyl (C=O) groups excluding carboxylic acids is 2. The lowest BCUT2D eigenvalue weighted by Crippen LogP contribution is -2.53. The van der Waals surface area contributed by atoms with Crippen LogP contribution in [0.25, 0.3) is 0 Å². The third-order valence-corrected chi connectivity index (χ3v) is 8.16. The van der Waals surface area contributed by atoms with Gasteiger partial charge in [-0.05, 0) is 55.2 Å². The molecule has 1 aliphatic carbocycles. The number of rotatable bonds is 10. The van der Waals surface area contributed by atoms with Gasteiger partial charge in [0.2, 0.25) is 21.8 Å². The van der Waals surface area contributed by atoms with Gasteiger partial charge >= 0.3 is 0 Å². The van der Waals surface area contributed by atoms with Gasteiger partial charge in [0.05, 0.1) is 17.0 Å². The molecule has 1 atom stereocenters. The van der Waals surface area contributed by atoms with Gasteiger partial charge < -0.3 is 10.2 Å². The molecule has 37 heavy (non-hydrogen) atoms. The molecule has 0 heterocycles. The molecule has 7 nitrogen and oxygen atoms in total. The Kier molecular flexibility index (Phi) is 10.2. The van der Waals surface area contributed by atoms with Crippen molar-refractivity contribution in [2.75, 3.05) is 17.1 Å². The molecule has 0 aromatic heterocycles. The number of anilines is 1. The summed E-state index contributed by atoms with van der Waals surface area (Å²) in [5.74, 6) is -1.56. The number of nitrogens with one attached hydrogen (secondary N) is 1. The van der Waals surface area contributed by atoms with Crippen LogP contribution in [-0.2, 0) is 26.2 Å². The zero-order valence-electron chi connectivity index (χ0n) is 20.9. The molecule has 1 aliphatic rings. The van der Waals surface area contributed by atoms with Gasteiger partial charge in [-0.3, -0.25) is 13.9 Å². The van der Waals surface area contributed by atoms with Crippen LogP contribution in [-0.4, -0.2) is 50.0 Å². The van der Waals surface area contributed by atoms with Gasteiger partial charge in [-0.2, -0.15) is 0 Å². The monoisotopic (exact) mass is 571 g/mol. The van der Waals surface area contributed by atoms with E-state index in [1.807, 2.05) is 0 Å². The summed E-state index contributed by atoms with van der Waals surface area (Å²) >= 11 is 11.9. The molecule has 0 saturated heterocycles. The summed E-state index contributed by atoms with van der Waals surface area (Å²) in [5.41, 5.74) is 0.783. The number of hydrogen-bond acceptors (Lipinski definition) is 4. The first-order valence-corrected chi connectivity index (χ1v) is 14.9. The van der Waals surface area contributed by atoms with Crippen molar-refractivity contribution in [1.29, 1.82) is 0 Å². The van der Waals surface area contributed by atoms with Crippen LogP contribution in [0.3, 0.4) is 0 Å². The largest absolute Gasteiger partial charge is 0.352 e. The predicted molar refractivity (Wildman–Crippen MR) is 145 cm³/mol. The minimum Gasteiger partial charge on any atom is -0.352 e. The van der Waals surface area contributed by atoms with Crippen LogP contribution in [0.5, 0.6) is 0 Å². The molecule has 0 aliphatic heterocycles. The summed E-state index contributed by atoms with van der Waals surface area (Å²) in [7, 11) is -3.94. The van der Waals surface area contributed by atoms with E-state index < -0.39 is 34.3 Å². The fraction of sp³-hybridized carbons (Fsp3) is 0.462. The summed E-state index contributed by atoms with van der Waals surface area (Å²) in [5, 5.41) is 3.34. The Morgan fingerprint density at radius 3 is 2.30 bits per heavy atom. The quantitative estimate of drug-likeness (QED) is 0.427. The first kappa shape index (κ1) is 29.2. The highest BCUT2D eigenvalue weighted by molar-refractivity contribution is 7.92. The number of hydrogen-bond donors (Lipinski definition) is 1. The molecule has 1 fully saturated rings. The van der Waals surface area contributed by atoms with Crippen LogP contribution >= 0.6 is 23.2 Å². The number of sulfonamides is 1. The zero-order chi connectivity index (χ0) is 27.2. The Hall–Kier alpha value is -2.36. The Balaban J connectivity index is 1.92. The molecule has 0 radical (unpaired) electrons. The average molecular weight is 573 g/mol. The fourth-order valence-corrected chi connectivity index (χ4v) is 5.65. The molecule has 202 valence electrons. The molecule has 1 unspecified atom stereocenters. The second kappa shape index (κ2) is 12.9. The van der Waals surface area contributed by atoms with Gasteiger partial charge in [-0.25, -0.2) is 12.8 Å². The van der Waals surface area contributed by atoms with E-state index in [9.17, 15) is 22.4 Å². The Morgan fingerprint density at radius 1 is 1.08 bits per heavy atom. The number of benzene rings is 2. The van der Waals surface area contributed by atoms with E-state index >= 15 is 0 Å². The maximum Gasteiger partial charge on any atom is 0.244 e. The van der Waals surface area contributed by atoms with E-state index in [1.165, 1.54) is 11.0 Å². The van der Waals surface area contributed by atoms with Crippen molar-refractivity contribution in [3.05, 3.63) is 63.9 Å². The van der Waals surface area contributed by atoms with E-state index in [-0.39, 0.29) is 29.2 Å². The molecule has 2 aromatic rings. The summed E-state index contributed by atoms with van der Waals surface area (Å²) in [6.07, 6.45) is 6.28. The van der Waals surface area contributed by atoms with Crippen molar-refractivity contribution in [3.63, 3.8) is 0 Å². The minimum absolute atomic E-state index is 0.0494. The summed E-state index contributed by atoms with van der Waals surface area (Å²) in [4.78, 5) is 28.4. The van der Waals surface area contributed by atoms with E-state index in [4.69, 9.17) is 23.2 Å². The van der Waals surface area contributed by atoms with E-state index in [0.717, 1.165) is 60.4 Å². The predicted octanol–water partition coefficient (Wildman–Crippen LogP) is 5.15.